The first-order valence-corrected chi connectivity index (χ1v) is 6.09. The molecule has 0 aliphatic rings. The number of benzene rings is 1. The van der Waals surface area contributed by atoms with Gasteiger partial charge in [0.15, 0.2) is 6.10 Å². The van der Waals surface area contributed by atoms with Gasteiger partial charge in [0.2, 0.25) is 5.88 Å². The van der Waals surface area contributed by atoms with Gasteiger partial charge in [-0.05, 0) is 19.1 Å². The van der Waals surface area contributed by atoms with E-state index in [2.05, 4.69) is 5.10 Å². The van der Waals surface area contributed by atoms with Crippen molar-refractivity contribution in [3.05, 3.63) is 35.9 Å². The van der Waals surface area contributed by atoms with Crippen molar-refractivity contribution in [3.63, 3.8) is 0 Å². The highest BCUT2D eigenvalue weighted by atomic mass is 19.4. The molecule has 1 aromatic heterocycles. The van der Waals surface area contributed by atoms with Crippen LogP contribution in [0.2, 0.25) is 0 Å². The first-order chi connectivity index (χ1) is 9.80. The number of halogens is 3. The zero-order chi connectivity index (χ0) is 15.6. The number of rotatable bonds is 4. The molecule has 1 aromatic carbocycles. The summed E-state index contributed by atoms with van der Waals surface area (Å²) in [6.45, 7) is 0.645. The quantitative estimate of drug-likeness (QED) is 0.906. The van der Waals surface area contributed by atoms with E-state index in [9.17, 15) is 13.2 Å². The van der Waals surface area contributed by atoms with Gasteiger partial charge in [-0.2, -0.15) is 13.2 Å². The van der Waals surface area contributed by atoms with Crippen molar-refractivity contribution in [2.75, 3.05) is 12.3 Å². The second-order valence-electron chi connectivity index (χ2n) is 4.43. The number of para-hydroxylation sites is 1. The maximum atomic E-state index is 12.2. The minimum absolute atomic E-state index is 0.0420. The molecule has 0 fully saturated rings. The van der Waals surface area contributed by atoms with Crippen molar-refractivity contribution in [1.29, 1.82) is 0 Å². The van der Waals surface area contributed by atoms with Gasteiger partial charge in [0.05, 0.1) is 11.3 Å². The highest BCUT2D eigenvalue weighted by Gasteiger charge is 2.39. The van der Waals surface area contributed by atoms with Gasteiger partial charge in [0.1, 0.15) is 12.4 Å². The van der Waals surface area contributed by atoms with Gasteiger partial charge in [-0.15, -0.1) is 5.10 Å². The Labute approximate surface area is 118 Å². The van der Waals surface area contributed by atoms with Gasteiger partial charge < -0.3 is 15.6 Å². The normalized spacial score (nSPS) is 13.2. The lowest BCUT2D eigenvalue weighted by Gasteiger charge is -2.14. The molecule has 0 bridgehead atoms. The molecule has 2 aromatic rings. The Balaban J connectivity index is 2.19. The van der Waals surface area contributed by atoms with Crippen LogP contribution < -0.4 is 10.5 Å². The summed E-state index contributed by atoms with van der Waals surface area (Å²) in [5, 5.41) is 12.9. The Kier molecular flexibility index (Phi) is 4.08. The van der Waals surface area contributed by atoms with E-state index in [0.717, 1.165) is 0 Å². The van der Waals surface area contributed by atoms with E-state index in [1.165, 1.54) is 4.68 Å². The Bertz CT molecular complexity index is 611. The van der Waals surface area contributed by atoms with Crippen LogP contribution in [0.5, 0.6) is 5.88 Å². The number of anilines is 1. The van der Waals surface area contributed by atoms with Crippen LogP contribution in [-0.2, 0) is 0 Å². The van der Waals surface area contributed by atoms with Crippen LogP contribution in [0.4, 0.5) is 19.0 Å². The van der Waals surface area contributed by atoms with Crippen LogP contribution in [0.25, 0.3) is 5.69 Å². The van der Waals surface area contributed by atoms with Gasteiger partial charge in [-0.1, -0.05) is 18.2 Å². The standard InChI is InChI=1S/C13H14F3N3O2/c1-8-11(17)19(9-5-3-2-4-6-9)18-12(8)21-7-10(20)13(14,15)16/h2-6,10,20H,7,17H2,1H3/t10-/m0/s1. The maximum Gasteiger partial charge on any atom is 0.417 e. The van der Waals surface area contributed by atoms with Gasteiger partial charge in [0.25, 0.3) is 0 Å². The molecule has 21 heavy (non-hydrogen) atoms. The van der Waals surface area contributed by atoms with Gasteiger partial charge in [-0.25, -0.2) is 4.68 Å². The van der Waals surface area contributed by atoms with E-state index in [1.54, 1.807) is 31.2 Å². The zero-order valence-corrected chi connectivity index (χ0v) is 11.1. The lowest BCUT2D eigenvalue weighted by molar-refractivity contribution is -0.210. The Morgan fingerprint density at radius 1 is 1.33 bits per heavy atom. The van der Waals surface area contributed by atoms with Crippen LogP contribution >= 0.6 is 0 Å². The van der Waals surface area contributed by atoms with E-state index in [4.69, 9.17) is 15.6 Å². The van der Waals surface area contributed by atoms with Crippen LogP contribution in [0.3, 0.4) is 0 Å². The molecule has 0 saturated carbocycles. The lowest BCUT2D eigenvalue weighted by atomic mass is 10.3. The summed E-state index contributed by atoms with van der Waals surface area (Å²) in [7, 11) is 0. The summed E-state index contributed by atoms with van der Waals surface area (Å²) in [6, 6.07) is 8.86. The molecule has 1 heterocycles. The minimum atomic E-state index is -4.73. The number of hydrogen-bond donors (Lipinski definition) is 2. The first kappa shape index (κ1) is 15.2. The number of alkyl halides is 3. The predicted molar refractivity (Wildman–Crippen MR) is 70.3 cm³/mol. The highest BCUT2D eigenvalue weighted by molar-refractivity contribution is 5.51. The molecular weight excluding hydrogens is 287 g/mol. The van der Waals surface area contributed by atoms with E-state index in [1.807, 2.05) is 6.07 Å². The van der Waals surface area contributed by atoms with Gasteiger partial charge >= 0.3 is 6.18 Å². The summed E-state index contributed by atoms with van der Waals surface area (Å²) >= 11 is 0. The zero-order valence-electron chi connectivity index (χ0n) is 11.1. The minimum Gasteiger partial charge on any atom is -0.473 e. The molecule has 3 N–H and O–H groups in total. The summed E-state index contributed by atoms with van der Waals surface area (Å²) in [6.07, 6.45) is -7.30. The van der Waals surface area contributed by atoms with Gasteiger partial charge in [0, 0.05) is 0 Å². The molecule has 0 spiro atoms. The molecule has 2 rings (SSSR count). The molecule has 0 aliphatic heterocycles. The molecule has 0 amide bonds. The third-order valence-electron chi connectivity index (χ3n) is 2.88. The number of ether oxygens (including phenoxy) is 1. The van der Waals surface area contributed by atoms with Crippen LogP contribution in [-0.4, -0.2) is 33.8 Å². The monoisotopic (exact) mass is 301 g/mol. The van der Waals surface area contributed by atoms with Crippen molar-refractivity contribution < 1.29 is 23.0 Å². The second kappa shape index (κ2) is 5.65. The smallest absolute Gasteiger partial charge is 0.417 e. The highest BCUT2D eigenvalue weighted by Crippen LogP contribution is 2.27. The van der Waals surface area contributed by atoms with Crippen molar-refractivity contribution in [1.82, 2.24) is 9.78 Å². The van der Waals surface area contributed by atoms with E-state index in [-0.39, 0.29) is 11.7 Å². The largest absolute Gasteiger partial charge is 0.473 e. The fraction of sp³-hybridized carbons (Fsp3) is 0.308. The lowest BCUT2D eigenvalue weighted by Crippen LogP contribution is -2.34. The topological polar surface area (TPSA) is 73.3 Å². The van der Waals surface area contributed by atoms with Crippen molar-refractivity contribution in [3.8, 4) is 11.6 Å². The van der Waals surface area contributed by atoms with E-state index < -0.39 is 18.9 Å². The number of nitrogens with two attached hydrogens (primary N) is 1. The number of hydrogen-bond acceptors (Lipinski definition) is 4. The molecule has 8 heteroatoms. The van der Waals surface area contributed by atoms with E-state index >= 15 is 0 Å². The fourth-order valence-corrected chi connectivity index (χ4v) is 1.64. The average Bonchev–Trinajstić information content (AvgIpc) is 2.72. The third kappa shape index (κ3) is 3.27. The van der Waals surface area contributed by atoms with Crippen LogP contribution in [0.1, 0.15) is 5.56 Å². The molecule has 0 saturated heterocycles. The summed E-state index contributed by atoms with van der Waals surface area (Å²) in [5.74, 6) is 0.220. The number of aliphatic hydroxyl groups is 1. The summed E-state index contributed by atoms with van der Waals surface area (Å²) in [5.41, 5.74) is 6.93. The maximum absolute atomic E-state index is 12.2. The number of nitrogens with zero attached hydrogens (tertiary/aromatic N) is 2. The first-order valence-electron chi connectivity index (χ1n) is 6.09. The van der Waals surface area contributed by atoms with Crippen molar-refractivity contribution >= 4 is 5.82 Å². The summed E-state index contributed by atoms with van der Waals surface area (Å²) < 4.78 is 43.0. The molecular formula is C13H14F3N3O2. The second-order valence-corrected chi connectivity index (χ2v) is 4.43. The van der Waals surface area contributed by atoms with Crippen LogP contribution in [0.15, 0.2) is 30.3 Å². The Hall–Kier alpha value is -2.22. The summed E-state index contributed by atoms with van der Waals surface area (Å²) in [4.78, 5) is 0. The molecule has 0 aliphatic carbocycles. The Morgan fingerprint density at radius 2 is 1.95 bits per heavy atom. The number of aliphatic hydroxyl groups excluding tert-OH is 1. The fourth-order valence-electron chi connectivity index (χ4n) is 1.64. The number of aromatic nitrogens is 2. The SMILES string of the molecule is Cc1c(OC[C@H](O)C(F)(F)F)nn(-c2ccccc2)c1N. The molecule has 1 atom stereocenters. The van der Waals surface area contributed by atoms with Crippen LogP contribution in [0, 0.1) is 6.92 Å². The molecule has 5 nitrogen and oxygen atoms in total. The number of nitrogen functional groups attached to an aromatic ring is 1. The average molecular weight is 301 g/mol. The molecule has 0 unspecified atom stereocenters. The molecule has 114 valence electrons. The predicted octanol–water partition coefficient (Wildman–Crippen LogP) is 2.06. The van der Waals surface area contributed by atoms with Crippen molar-refractivity contribution in [2.45, 2.75) is 19.2 Å². The Morgan fingerprint density at radius 3 is 2.52 bits per heavy atom. The van der Waals surface area contributed by atoms with E-state index in [0.29, 0.717) is 11.3 Å². The van der Waals surface area contributed by atoms with Crippen molar-refractivity contribution in [2.24, 2.45) is 0 Å². The third-order valence-corrected chi connectivity index (χ3v) is 2.88. The van der Waals surface area contributed by atoms with Gasteiger partial charge in [-0.3, -0.25) is 0 Å². The molecule has 0 radical (unpaired) electrons.